The number of aliphatic hydroxyl groups excluding tert-OH is 1. The number of nitrogens with zero attached hydrogens (tertiary/aromatic N) is 3. The molecule has 128 valence electrons. The van der Waals surface area contributed by atoms with E-state index in [0.29, 0.717) is 6.04 Å². The van der Waals surface area contributed by atoms with E-state index < -0.39 is 0 Å². The van der Waals surface area contributed by atoms with E-state index in [4.69, 9.17) is 0 Å². The highest BCUT2D eigenvalue weighted by atomic mass is 16.3. The van der Waals surface area contributed by atoms with Crippen molar-refractivity contribution in [2.45, 2.75) is 37.8 Å². The second kappa shape index (κ2) is 7.07. The molecule has 2 heterocycles. The van der Waals surface area contributed by atoms with Crippen LogP contribution in [0.25, 0.3) is 17.8 Å². The lowest BCUT2D eigenvalue weighted by atomic mass is 9.93. The molecule has 0 spiro atoms. The number of fused-ring (bicyclic) bond motifs is 1. The van der Waals surface area contributed by atoms with Crippen LogP contribution in [0.4, 0.5) is 5.82 Å². The van der Waals surface area contributed by atoms with E-state index >= 15 is 0 Å². The zero-order chi connectivity index (χ0) is 17.1. The highest BCUT2D eigenvalue weighted by Gasteiger charge is 2.19. The summed E-state index contributed by atoms with van der Waals surface area (Å²) in [7, 11) is 0. The van der Waals surface area contributed by atoms with E-state index in [0.717, 1.165) is 48.4 Å². The van der Waals surface area contributed by atoms with Gasteiger partial charge in [0.15, 0.2) is 5.65 Å². The third-order valence-corrected chi connectivity index (χ3v) is 4.68. The van der Waals surface area contributed by atoms with Gasteiger partial charge < -0.3 is 10.4 Å². The van der Waals surface area contributed by atoms with E-state index in [9.17, 15) is 5.11 Å². The van der Waals surface area contributed by atoms with Gasteiger partial charge in [0.25, 0.3) is 0 Å². The van der Waals surface area contributed by atoms with E-state index in [2.05, 4.69) is 33.6 Å². The Kier molecular flexibility index (Phi) is 4.48. The molecule has 5 heteroatoms. The maximum absolute atomic E-state index is 9.63. The Morgan fingerprint density at radius 1 is 1.00 bits per heavy atom. The number of anilines is 1. The van der Waals surface area contributed by atoms with Crippen LogP contribution < -0.4 is 5.32 Å². The first-order valence-corrected chi connectivity index (χ1v) is 8.80. The lowest BCUT2D eigenvalue weighted by Gasteiger charge is -2.26. The molecular formula is C20H22N4O. The van der Waals surface area contributed by atoms with Crippen LogP contribution >= 0.6 is 0 Å². The Hall–Kier alpha value is -2.66. The summed E-state index contributed by atoms with van der Waals surface area (Å²) in [4.78, 5) is 4.42. The van der Waals surface area contributed by atoms with Gasteiger partial charge in [0.2, 0.25) is 0 Å². The van der Waals surface area contributed by atoms with Crippen LogP contribution in [0.3, 0.4) is 0 Å². The Morgan fingerprint density at radius 3 is 2.60 bits per heavy atom. The minimum atomic E-state index is -0.142. The Labute approximate surface area is 147 Å². The van der Waals surface area contributed by atoms with Crippen molar-refractivity contribution in [3.8, 4) is 0 Å². The Bertz CT molecular complexity index is 864. The second-order valence-electron chi connectivity index (χ2n) is 6.57. The van der Waals surface area contributed by atoms with E-state index in [1.807, 2.05) is 47.1 Å². The maximum atomic E-state index is 9.63. The minimum absolute atomic E-state index is 0.142. The molecule has 2 N–H and O–H groups in total. The van der Waals surface area contributed by atoms with Gasteiger partial charge in [-0.3, -0.25) is 0 Å². The van der Waals surface area contributed by atoms with Crippen LogP contribution in [-0.2, 0) is 0 Å². The monoisotopic (exact) mass is 334 g/mol. The van der Waals surface area contributed by atoms with E-state index in [1.54, 1.807) is 0 Å². The molecule has 0 atom stereocenters. The van der Waals surface area contributed by atoms with Crippen LogP contribution in [-0.4, -0.2) is 31.9 Å². The average molecular weight is 334 g/mol. The zero-order valence-corrected chi connectivity index (χ0v) is 14.0. The molecule has 0 unspecified atom stereocenters. The first-order valence-electron chi connectivity index (χ1n) is 8.80. The number of hydrogen-bond acceptors (Lipinski definition) is 4. The molecule has 1 aliphatic carbocycles. The molecule has 1 aromatic carbocycles. The number of hydrogen-bond donors (Lipinski definition) is 2. The van der Waals surface area contributed by atoms with Crippen molar-refractivity contribution in [3.05, 3.63) is 59.9 Å². The summed E-state index contributed by atoms with van der Waals surface area (Å²) in [5.74, 6) is 0.848. The molecule has 1 aliphatic rings. The average Bonchev–Trinajstić information content (AvgIpc) is 3.05. The van der Waals surface area contributed by atoms with E-state index in [1.165, 1.54) is 0 Å². The molecule has 0 saturated heterocycles. The normalized spacial score (nSPS) is 21.0. The molecule has 1 fully saturated rings. The molecule has 3 aromatic rings. The van der Waals surface area contributed by atoms with Crippen LogP contribution in [0.5, 0.6) is 0 Å². The third-order valence-electron chi connectivity index (χ3n) is 4.68. The Morgan fingerprint density at radius 2 is 1.80 bits per heavy atom. The molecule has 1 saturated carbocycles. The topological polar surface area (TPSA) is 62.5 Å². The van der Waals surface area contributed by atoms with Gasteiger partial charge in [-0.15, -0.1) is 5.10 Å². The van der Waals surface area contributed by atoms with Crippen LogP contribution in [0.1, 0.15) is 36.9 Å². The van der Waals surface area contributed by atoms with Crippen molar-refractivity contribution in [1.82, 2.24) is 14.6 Å². The second-order valence-corrected chi connectivity index (χ2v) is 6.57. The summed E-state index contributed by atoms with van der Waals surface area (Å²) in [6.45, 7) is 0. The Balaban J connectivity index is 1.54. The van der Waals surface area contributed by atoms with Crippen molar-refractivity contribution >= 4 is 23.6 Å². The minimum Gasteiger partial charge on any atom is -0.393 e. The summed E-state index contributed by atoms with van der Waals surface area (Å²) in [5, 5.41) is 17.8. The molecule has 2 aromatic heterocycles. The van der Waals surface area contributed by atoms with Gasteiger partial charge in [-0.25, -0.2) is 9.50 Å². The van der Waals surface area contributed by atoms with Crippen molar-refractivity contribution in [3.63, 3.8) is 0 Å². The van der Waals surface area contributed by atoms with Crippen molar-refractivity contribution in [2.24, 2.45) is 0 Å². The molecule has 0 bridgehead atoms. The van der Waals surface area contributed by atoms with Crippen molar-refractivity contribution < 1.29 is 5.11 Å². The highest BCUT2D eigenvalue weighted by Crippen LogP contribution is 2.21. The standard InChI is InChI=1S/C20H22N4O/c25-18-10-7-16(8-11-18)22-19-12-13-20-21-14-17(24(20)23-19)9-6-15-4-2-1-3-5-15/h1-6,9,12-14,16,18,25H,7-8,10-11H2,(H,22,23)/t16-,18-. The fourth-order valence-corrected chi connectivity index (χ4v) is 3.26. The number of aliphatic hydroxyl groups is 1. The quantitative estimate of drug-likeness (QED) is 0.765. The van der Waals surface area contributed by atoms with Crippen LogP contribution in [0, 0.1) is 0 Å². The first-order chi connectivity index (χ1) is 12.3. The summed E-state index contributed by atoms with van der Waals surface area (Å²) in [5.41, 5.74) is 2.92. The largest absolute Gasteiger partial charge is 0.393 e. The van der Waals surface area contributed by atoms with Gasteiger partial charge in [-0.05, 0) is 49.5 Å². The van der Waals surface area contributed by atoms with Crippen molar-refractivity contribution in [1.29, 1.82) is 0 Å². The van der Waals surface area contributed by atoms with Gasteiger partial charge >= 0.3 is 0 Å². The number of benzene rings is 1. The van der Waals surface area contributed by atoms with Gasteiger partial charge in [0, 0.05) is 6.04 Å². The highest BCUT2D eigenvalue weighted by molar-refractivity contribution is 5.69. The molecule has 4 rings (SSSR count). The zero-order valence-electron chi connectivity index (χ0n) is 14.0. The fourth-order valence-electron chi connectivity index (χ4n) is 3.26. The lowest BCUT2D eigenvalue weighted by Crippen LogP contribution is -2.28. The number of aromatic nitrogens is 3. The molecule has 0 amide bonds. The summed E-state index contributed by atoms with van der Waals surface area (Å²) < 4.78 is 1.86. The molecule has 5 nitrogen and oxygen atoms in total. The summed E-state index contributed by atoms with van der Waals surface area (Å²) in [6.07, 6.45) is 9.46. The number of imidazole rings is 1. The van der Waals surface area contributed by atoms with Gasteiger partial charge in [0.05, 0.1) is 18.0 Å². The maximum Gasteiger partial charge on any atom is 0.154 e. The van der Waals surface area contributed by atoms with E-state index in [-0.39, 0.29) is 6.10 Å². The summed E-state index contributed by atoms with van der Waals surface area (Å²) >= 11 is 0. The predicted octanol–water partition coefficient (Wildman–Crippen LogP) is 3.62. The third kappa shape index (κ3) is 3.72. The number of nitrogens with one attached hydrogen (secondary N) is 1. The molecule has 0 aliphatic heterocycles. The van der Waals surface area contributed by atoms with Crippen molar-refractivity contribution in [2.75, 3.05) is 5.32 Å². The number of rotatable bonds is 4. The van der Waals surface area contributed by atoms with Gasteiger partial charge in [-0.2, -0.15) is 0 Å². The molecule has 0 radical (unpaired) electrons. The predicted molar refractivity (Wildman–Crippen MR) is 100 cm³/mol. The lowest BCUT2D eigenvalue weighted by molar-refractivity contribution is 0.126. The van der Waals surface area contributed by atoms with Gasteiger partial charge in [-0.1, -0.05) is 36.4 Å². The fraction of sp³-hybridized carbons (Fsp3) is 0.300. The van der Waals surface area contributed by atoms with Crippen LogP contribution in [0.15, 0.2) is 48.7 Å². The molecule has 25 heavy (non-hydrogen) atoms. The SMILES string of the molecule is O[C@H]1CC[C@H](Nc2ccc3ncc(C=Cc4ccccc4)n3n2)CC1. The first kappa shape index (κ1) is 15.8. The smallest absolute Gasteiger partial charge is 0.154 e. The molecular weight excluding hydrogens is 312 g/mol. The summed E-state index contributed by atoms with van der Waals surface area (Å²) in [6, 6.07) is 14.5. The van der Waals surface area contributed by atoms with Crippen LogP contribution in [0.2, 0.25) is 0 Å². The van der Waals surface area contributed by atoms with Gasteiger partial charge in [0.1, 0.15) is 5.82 Å².